The van der Waals surface area contributed by atoms with Gasteiger partial charge in [-0.3, -0.25) is 0 Å². The Balaban J connectivity index is 1.79. The second-order valence-corrected chi connectivity index (χ2v) is 6.60. The van der Waals surface area contributed by atoms with Crippen molar-refractivity contribution >= 4 is 0 Å². The van der Waals surface area contributed by atoms with Crippen LogP contribution in [-0.4, -0.2) is 49.6 Å². The van der Waals surface area contributed by atoms with Gasteiger partial charge in [-0.1, -0.05) is 36.4 Å². The van der Waals surface area contributed by atoms with Gasteiger partial charge in [0.15, 0.2) is 0 Å². The number of benzene rings is 2. The van der Waals surface area contributed by atoms with Gasteiger partial charge in [0.2, 0.25) is 0 Å². The second-order valence-electron chi connectivity index (χ2n) is 6.60. The van der Waals surface area contributed by atoms with Crippen LogP contribution < -0.4 is 9.47 Å². The first-order valence-corrected chi connectivity index (χ1v) is 8.62. The molecule has 2 aliphatic rings. The highest BCUT2D eigenvalue weighted by Gasteiger charge is 2.57. The molecule has 0 saturated carbocycles. The third kappa shape index (κ3) is 2.57. The van der Waals surface area contributed by atoms with Gasteiger partial charge in [-0.2, -0.15) is 0 Å². The lowest BCUT2D eigenvalue weighted by Crippen LogP contribution is -2.47. The molecule has 1 N–H and O–H groups in total. The van der Waals surface area contributed by atoms with Crippen LogP contribution in [0.3, 0.4) is 0 Å². The third-order valence-electron chi connectivity index (χ3n) is 5.18. The molecule has 2 saturated heterocycles. The van der Waals surface area contributed by atoms with E-state index in [1.807, 2.05) is 48.5 Å². The van der Waals surface area contributed by atoms with Crippen molar-refractivity contribution in [1.82, 2.24) is 4.90 Å². The summed E-state index contributed by atoms with van der Waals surface area (Å²) in [7, 11) is 3.29. The van der Waals surface area contributed by atoms with Crippen molar-refractivity contribution in [2.75, 3.05) is 34.0 Å². The predicted octanol–water partition coefficient (Wildman–Crippen LogP) is 2.49. The van der Waals surface area contributed by atoms with Crippen LogP contribution in [0, 0.1) is 0 Å². The zero-order valence-corrected chi connectivity index (χ0v) is 14.9. The molecule has 2 fully saturated rings. The Kier molecular flexibility index (Phi) is 4.58. The Hall–Kier alpha value is -2.12. The standard InChI is InChI=1S/C20H23NO5/c1-23-16-9-5-3-7-14(16)18-21-19(15-8-4-6-10-17(15)24-2)26-13-20(21,11-22)12-25-18/h3-10,18-19,22H,11-13H2,1-2H3/t18-,19+,20-. The SMILES string of the molecule is COc1ccccc1[C@H]1OC[C@]2(CO)CO[C@@H](c3ccccc3OC)N12. The fraction of sp³-hybridized carbons (Fsp3) is 0.400. The maximum absolute atomic E-state index is 10.1. The maximum atomic E-state index is 10.1. The van der Waals surface area contributed by atoms with Crippen LogP contribution in [0.15, 0.2) is 48.5 Å². The molecule has 0 aromatic heterocycles. The minimum absolute atomic E-state index is 0.0513. The van der Waals surface area contributed by atoms with Crippen LogP contribution in [0.2, 0.25) is 0 Å². The van der Waals surface area contributed by atoms with Crippen molar-refractivity contribution in [3.63, 3.8) is 0 Å². The number of rotatable bonds is 5. The minimum atomic E-state index is -0.586. The molecule has 0 aliphatic carbocycles. The number of hydrogen-bond acceptors (Lipinski definition) is 6. The van der Waals surface area contributed by atoms with Gasteiger partial charge in [0.05, 0.1) is 39.6 Å². The molecule has 26 heavy (non-hydrogen) atoms. The van der Waals surface area contributed by atoms with Crippen LogP contribution in [0.1, 0.15) is 23.6 Å². The van der Waals surface area contributed by atoms with E-state index in [9.17, 15) is 5.11 Å². The molecule has 6 heteroatoms. The summed E-state index contributed by atoms with van der Waals surface area (Å²) in [6.07, 6.45) is -0.758. The average Bonchev–Trinajstić information content (AvgIpc) is 3.25. The smallest absolute Gasteiger partial charge is 0.143 e. The van der Waals surface area contributed by atoms with Gasteiger partial charge in [-0.15, -0.1) is 0 Å². The molecule has 0 amide bonds. The summed E-state index contributed by atoms with van der Waals surface area (Å²) >= 11 is 0. The van der Waals surface area contributed by atoms with E-state index in [1.165, 1.54) is 0 Å². The molecule has 2 heterocycles. The fourth-order valence-electron chi connectivity index (χ4n) is 3.83. The van der Waals surface area contributed by atoms with Gasteiger partial charge in [0, 0.05) is 11.1 Å². The summed E-state index contributed by atoms with van der Waals surface area (Å²) < 4.78 is 23.3. The molecular weight excluding hydrogens is 334 g/mol. The lowest BCUT2D eigenvalue weighted by Gasteiger charge is -2.33. The van der Waals surface area contributed by atoms with Crippen molar-refractivity contribution in [1.29, 1.82) is 0 Å². The van der Waals surface area contributed by atoms with E-state index in [-0.39, 0.29) is 19.1 Å². The highest BCUT2D eigenvalue weighted by molar-refractivity contribution is 5.39. The van der Waals surface area contributed by atoms with Gasteiger partial charge < -0.3 is 24.1 Å². The number of fused-ring (bicyclic) bond motifs is 1. The number of methoxy groups -OCH3 is 2. The van der Waals surface area contributed by atoms with Crippen molar-refractivity contribution in [3.05, 3.63) is 59.7 Å². The summed E-state index contributed by atoms with van der Waals surface area (Å²) in [4.78, 5) is 2.10. The van der Waals surface area contributed by atoms with E-state index in [1.54, 1.807) is 14.2 Å². The Morgan fingerprint density at radius 1 is 0.923 bits per heavy atom. The predicted molar refractivity (Wildman–Crippen MR) is 95.0 cm³/mol. The van der Waals surface area contributed by atoms with Crippen LogP contribution in [-0.2, 0) is 9.47 Å². The lowest BCUT2D eigenvalue weighted by atomic mass is 10.0. The summed E-state index contributed by atoms with van der Waals surface area (Å²) in [5.41, 5.74) is 1.24. The van der Waals surface area contributed by atoms with E-state index in [0.29, 0.717) is 13.2 Å². The number of aliphatic hydroxyl groups excluding tert-OH is 1. The van der Waals surface area contributed by atoms with E-state index in [0.717, 1.165) is 22.6 Å². The van der Waals surface area contributed by atoms with Gasteiger partial charge in [0.1, 0.15) is 24.0 Å². The van der Waals surface area contributed by atoms with Crippen LogP contribution in [0.5, 0.6) is 11.5 Å². The highest BCUT2D eigenvalue weighted by Crippen LogP contribution is 2.51. The first-order chi connectivity index (χ1) is 12.7. The Morgan fingerprint density at radius 2 is 1.38 bits per heavy atom. The van der Waals surface area contributed by atoms with Crippen LogP contribution in [0.25, 0.3) is 0 Å². The first-order valence-electron chi connectivity index (χ1n) is 8.62. The fourth-order valence-corrected chi connectivity index (χ4v) is 3.83. The molecule has 0 spiro atoms. The summed E-state index contributed by atoms with van der Waals surface area (Å²) in [6.45, 7) is 0.722. The molecule has 6 nitrogen and oxygen atoms in total. The number of hydrogen-bond donors (Lipinski definition) is 1. The zero-order chi connectivity index (χ0) is 18.1. The minimum Gasteiger partial charge on any atom is -0.496 e. The highest BCUT2D eigenvalue weighted by atomic mass is 16.6. The molecule has 0 radical (unpaired) electrons. The second kappa shape index (κ2) is 6.89. The van der Waals surface area contributed by atoms with Gasteiger partial charge in [-0.05, 0) is 12.1 Å². The molecule has 2 aliphatic heterocycles. The molecule has 2 aromatic carbocycles. The number of nitrogens with zero attached hydrogens (tertiary/aromatic N) is 1. The molecule has 4 rings (SSSR count). The van der Waals surface area contributed by atoms with Crippen LogP contribution >= 0.6 is 0 Å². The average molecular weight is 357 g/mol. The van der Waals surface area contributed by atoms with Crippen LogP contribution in [0.4, 0.5) is 0 Å². The third-order valence-corrected chi connectivity index (χ3v) is 5.18. The largest absolute Gasteiger partial charge is 0.496 e. The molecular formula is C20H23NO5. The van der Waals surface area contributed by atoms with Crippen molar-refractivity contribution in [2.45, 2.75) is 18.0 Å². The first kappa shape index (κ1) is 17.3. The summed E-state index contributed by atoms with van der Waals surface area (Å²) in [5, 5.41) is 10.1. The quantitative estimate of drug-likeness (QED) is 0.887. The van der Waals surface area contributed by atoms with Crippen molar-refractivity contribution in [3.8, 4) is 11.5 Å². The van der Waals surface area contributed by atoms with Gasteiger partial charge in [-0.25, -0.2) is 4.90 Å². The van der Waals surface area contributed by atoms with Crippen molar-refractivity contribution in [2.24, 2.45) is 0 Å². The maximum Gasteiger partial charge on any atom is 0.143 e. The number of ether oxygens (including phenoxy) is 4. The summed E-state index contributed by atoms with van der Waals surface area (Å²) in [5.74, 6) is 1.49. The summed E-state index contributed by atoms with van der Waals surface area (Å²) in [6, 6.07) is 15.5. The zero-order valence-electron chi connectivity index (χ0n) is 14.9. The lowest BCUT2D eigenvalue weighted by molar-refractivity contribution is -0.0645. The number of para-hydroxylation sites is 2. The Morgan fingerprint density at radius 3 is 1.81 bits per heavy atom. The topological polar surface area (TPSA) is 60.4 Å². The molecule has 2 aromatic rings. The van der Waals surface area contributed by atoms with Crippen molar-refractivity contribution < 1.29 is 24.1 Å². The number of aliphatic hydroxyl groups is 1. The Labute approximate surface area is 152 Å². The van der Waals surface area contributed by atoms with Gasteiger partial charge >= 0.3 is 0 Å². The van der Waals surface area contributed by atoms with E-state index in [2.05, 4.69) is 4.90 Å². The normalized spacial score (nSPS) is 28.1. The van der Waals surface area contributed by atoms with E-state index < -0.39 is 5.54 Å². The van der Waals surface area contributed by atoms with E-state index in [4.69, 9.17) is 18.9 Å². The Bertz CT molecular complexity index is 721. The molecule has 138 valence electrons. The van der Waals surface area contributed by atoms with E-state index >= 15 is 0 Å². The monoisotopic (exact) mass is 357 g/mol. The molecule has 3 atom stereocenters. The van der Waals surface area contributed by atoms with Gasteiger partial charge in [0.25, 0.3) is 0 Å². The molecule has 0 bridgehead atoms. The molecule has 0 unspecified atom stereocenters.